The molecular weight excluding hydrogens is 818 g/mol. The molecule has 1 atom stereocenters. The zero-order chi connectivity index (χ0) is 42.1. The number of nitrogens with one attached hydrogen (secondary N) is 3. The summed E-state index contributed by atoms with van der Waals surface area (Å²) in [5.41, 5.74) is 2.88. The summed E-state index contributed by atoms with van der Waals surface area (Å²) in [4.78, 5) is 37.4. The normalized spacial score (nSPS) is 19.1. The Morgan fingerprint density at radius 2 is 1.75 bits per heavy atom. The molecule has 3 N–H and O–H groups in total. The Morgan fingerprint density at radius 3 is 2.49 bits per heavy atom. The van der Waals surface area contributed by atoms with Gasteiger partial charge in [-0.05, 0) is 110 Å². The van der Waals surface area contributed by atoms with E-state index in [1.165, 1.54) is 49.6 Å². The fourth-order valence-corrected chi connectivity index (χ4v) is 10.9. The molecule has 5 heterocycles. The summed E-state index contributed by atoms with van der Waals surface area (Å²) in [6, 6.07) is 21.2. The first-order valence-electron chi connectivity index (χ1n) is 21.2. The highest BCUT2D eigenvalue weighted by atomic mass is 35.5. The minimum atomic E-state index is -4.54. The van der Waals surface area contributed by atoms with Gasteiger partial charge in [-0.15, -0.1) is 0 Å². The van der Waals surface area contributed by atoms with Gasteiger partial charge in [-0.2, -0.15) is 0 Å². The van der Waals surface area contributed by atoms with E-state index in [-0.39, 0.29) is 28.3 Å². The molecule has 1 amide bonds. The number of pyridine rings is 1. The maximum atomic E-state index is 13.9. The number of likely N-dealkylation sites (tertiary alicyclic amines) is 1. The van der Waals surface area contributed by atoms with E-state index in [0.29, 0.717) is 43.1 Å². The number of anilines is 2. The number of halogens is 1. The SMILES string of the molecule is O=C(NS(=O)(=O)c1ccc(NCC2CCOCC2)c([N+](=O)[O-])c1)c1ccc(N2CCC3(CC2)CN(C(c2ccc(Cl)cc2)C2CCCC2)C3)cc1Oc1cnc2[nH]ccc2c1. The summed E-state index contributed by atoms with van der Waals surface area (Å²) in [6.07, 6.45) is 12.1. The van der Waals surface area contributed by atoms with Gasteiger partial charge in [-0.25, -0.2) is 18.1 Å². The number of nitro benzene ring substituents is 1. The van der Waals surface area contributed by atoms with Gasteiger partial charge in [0.15, 0.2) is 0 Å². The van der Waals surface area contributed by atoms with Crippen molar-refractivity contribution >= 4 is 55.6 Å². The van der Waals surface area contributed by atoms with Crippen LogP contribution in [0.2, 0.25) is 5.02 Å². The predicted octanol–water partition coefficient (Wildman–Crippen LogP) is 8.71. The van der Waals surface area contributed by atoms with Crippen molar-refractivity contribution in [3.8, 4) is 11.5 Å². The molecule has 14 nitrogen and oxygen atoms in total. The van der Waals surface area contributed by atoms with Crippen LogP contribution in [0.15, 0.2) is 90.1 Å². The first kappa shape index (κ1) is 41.1. The van der Waals surface area contributed by atoms with Gasteiger partial charge in [0, 0.05) is 86.4 Å². The third kappa shape index (κ3) is 8.92. The van der Waals surface area contributed by atoms with E-state index in [9.17, 15) is 23.3 Å². The van der Waals surface area contributed by atoms with Gasteiger partial charge < -0.3 is 24.7 Å². The summed E-state index contributed by atoms with van der Waals surface area (Å²) in [7, 11) is -4.54. The maximum absolute atomic E-state index is 13.9. The second-order valence-corrected chi connectivity index (χ2v) is 19.2. The number of piperidine rings is 1. The fourth-order valence-electron chi connectivity index (χ4n) is 9.78. The standard InChI is InChI=1S/C45H50ClN7O7S/c46-34-7-5-32(6-8-34)42(31-3-1-2-4-31)52-28-45(29-52)16-19-51(20-17-45)35-9-11-38(41(24-35)60-36-23-33-13-18-47-43(33)49-27-36)44(54)50-61(57,58)37-10-12-39(40(25-37)53(55)56)48-26-30-14-21-59-22-15-30/h5-13,18,23-25,27,30-31,42,48H,1-4,14-17,19-22,26,28-29H2,(H,47,49)(H,50,54). The summed E-state index contributed by atoms with van der Waals surface area (Å²) in [6.45, 7) is 5.49. The monoisotopic (exact) mass is 867 g/mol. The smallest absolute Gasteiger partial charge is 0.293 e. The molecular formula is C45H50ClN7O7S. The van der Waals surface area contributed by atoms with Crippen LogP contribution in [0.1, 0.15) is 73.3 Å². The lowest BCUT2D eigenvalue weighted by Crippen LogP contribution is -2.61. The number of carbonyl (C=O) groups excluding carboxylic acids is 1. The van der Waals surface area contributed by atoms with E-state index in [4.69, 9.17) is 21.1 Å². The number of fused-ring (bicyclic) bond motifs is 1. The van der Waals surface area contributed by atoms with Crippen molar-refractivity contribution in [2.75, 3.05) is 56.2 Å². The van der Waals surface area contributed by atoms with Gasteiger partial charge >= 0.3 is 0 Å². The molecule has 1 saturated carbocycles. The van der Waals surface area contributed by atoms with Crippen LogP contribution in [0.5, 0.6) is 11.5 Å². The average molecular weight is 868 g/mol. The highest BCUT2D eigenvalue weighted by molar-refractivity contribution is 7.90. The highest BCUT2D eigenvalue weighted by Gasteiger charge is 2.49. The number of rotatable bonds is 13. The van der Waals surface area contributed by atoms with E-state index in [1.54, 1.807) is 24.4 Å². The number of amides is 1. The maximum Gasteiger partial charge on any atom is 0.293 e. The Kier molecular flexibility index (Phi) is 11.7. The van der Waals surface area contributed by atoms with Crippen molar-refractivity contribution in [1.29, 1.82) is 0 Å². The molecule has 9 rings (SSSR count). The topological polar surface area (TPSA) is 172 Å². The number of benzene rings is 3. The van der Waals surface area contributed by atoms with Crippen molar-refractivity contribution in [3.05, 3.63) is 111 Å². The largest absolute Gasteiger partial charge is 0.455 e. The molecule has 61 heavy (non-hydrogen) atoms. The number of hydrogen-bond donors (Lipinski definition) is 3. The van der Waals surface area contributed by atoms with E-state index in [1.807, 2.05) is 24.3 Å². The molecule has 1 unspecified atom stereocenters. The van der Waals surface area contributed by atoms with Crippen LogP contribution in [0, 0.1) is 27.4 Å². The summed E-state index contributed by atoms with van der Waals surface area (Å²) < 4.78 is 41.2. The number of H-pyrrole nitrogens is 1. The molecule has 2 aromatic heterocycles. The lowest BCUT2D eigenvalue weighted by atomic mass is 9.70. The number of sulfonamides is 1. The number of hydrogen-bond acceptors (Lipinski definition) is 11. The lowest BCUT2D eigenvalue weighted by molar-refractivity contribution is -0.384. The van der Waals surface area contributed by atoms with E-state index in [0.717, 1.165) is 74.0 Å². The lowest BCUT2D eigenvalue weighted by Gasteiger charge is -2.57. The van der Waals surface area contributed by atoms with Gasteiger partial charge in [0.05, 0.1) is 21.6 Å². The second kappa shape index (κ2) is 17.3. The van der Waals surface area contributed by atoms with Crippen LogP contribution in [-0.4, -0.2) is 80.1 Å². The zero-order valence-corrected chi connectivity index (χ0v) is 35.4. The Morgan fingerprint density at radius 1 is 1.00 bits per heavy atom. The molecule has 1 aliphatic carbocycles. The Hall–Kier alpha value is -5.22. The van der Waals surface area contributed by atoms with Crippen LogP contribution in [0.4, 0.5) is 17.1 Å². The van der Waals surface area contributed by atoms with E-state index < -0.39 is 31.4 Å². The quantitative estimate of drug-likeness (QED) is 0.0764. The molecule has 1 spiro atoms. The number of ether oxygens (including phenoxy) is 2. The third-order valence-corrected chi connectivity index (χ3v) is 14.7. The predicted molar refractivity (Wildman–Crippen MR) is 234 cm³/mol. The number of nitrogens with zero attached hydrogens (tertiary/aromatic N) is 4. The molecule has 16 heteroatoms. The van der Waals surface area contributed by atoms with Gasteiger partial charge in [0.25, 0.3) is 21.6 Å². The molecule has 5 aromatic rings. The van der Waals surface area contributed by atoms with Gasteiger partial charge in [-0.3, -0.25) is 19.8 Å². The second-order valence-electron chi connectivity index (χ2n) is 17.1. The van der Waals surface area contributed by atoms with Gasteiger partial charge in [0.1, 0.15) is 22.8 Å². The molecule has 3 saturated heterocycles. The molecule has 320 valence electrons. The first-order chi connectivity index (χ1) is 29.5. The van der Waals surface area contributed by atoms with E-state index >= 15 is 0 Å². The molecule has 4 fully saturated rings. The van der Waals surface area contributed by atoms with Crippen molar-refractivity contribution in [2.45, 2.75) is 62.3 Å². The van der Waals surface area contributed by atoms with Crippen molar-refractivity contribution in [3.63, 3.8) is 0 Å². The highest BCUT2D eigenvalue weighted by Crippen LogP contribution is 2.49. The molecule has 0 radical (unpaired) electrons. The zero-order valence-electron chi connectivity index (χ0n) is 33.9. The summed E-state index contributed by atoms with van der Waals surface area (Å²) in [5.74, 6) is 0.513. The van der Waals surface area contributed by atoms with Crippen LogP contribution in [0.3, 0.4) is 0 Å². The van der Waals surface area contributed by atoms with Crippen LogP contribution >= 0.6 is 11.6 Å². The third-order valence-electron chi connectivity index (χ3n) is 13.2. The minimum absolute atomic E-state index is 0.0194. The molecule has 3 aromatic carbocycles. The number of carbonyl (C=O) groups is 1. The molecule has 3 aliphatic heterocycles. The molecule has 0 bridgehead atoms. The fraction of sp³-hybridized carbons (Fsp3) is 0.422. The minimum Gasteiger partial charge on any atom is -0.455 e. The Balaban J connectivity index is 0.916. The van der Waals surface area contributed by atoms with Crippen molar-refractivity contribution < 1.29 is 27.6 Å². The first-order valence-corrected chi connectivity index (χ1v) is 23.1. The summed E-state index contributed by atoms with van der Waals surface area (Å²) in [5, 5.41) is 16.7. The summed E-state index contributed by atoms with van der Waals surface area (Å²) >= 11 is 6.27. The number of nitro groups is 1. The molecule has 4 aliphatic rings. The Labute approximate surface area is 360 Å². The van der Waals surface area contributed by atoms with Gasteiger partial charge in [0.2, 0.25) is 0 Å². The average Bonchev–Trinajstić information content (AvgIpc) is 3.96. The van der Waals surface area contributed by atoms with Gasteiger partial charge in [-0.1, -0.05) is 36.6 Å². The Bertz CT molecular complexity index is 2510. The van der Waals surface area contributed by atoms with Crippen molar-refractivity contribution in [1.82, 2.24) is 19.6 Å². The van der Waals surface area contributed by atoms with Crippen LogP contribution in [0.25, 0.3) is 11.0 Å². The number of aromatic amines is 1. The van der Waals surface area contributed by atoms with E-state index in [2.05, 4.69) is 41.9 Å². The number of aromatic nitrogens is 2. The van der Waals surface area contributed by atoms with Crippen LogP contribution in [-0.2, 0) is 14.8 Å². The van der Waals surface area contributed by atoms with Crippen LogP contribution < -0.4 is 19.7 Å². The van der Waals surface area contributed by atoms with Crippen molar-refractivity contribution in [2.24, 2.45) is 17.3 Å².